The van der Waals surface area contributed by atoms with Gasteiger partial charge >= 0.3 is 0 Å². The molecule has 32 heavy (non-hydrogen) atoms. The second kappa shape index (κ2) is 7.17. The molecule has 0 bridgehead atoms. The average Bonchev–Trinajstić information content (AvgIpc) is 3.19. The molecule has 5 aromatic rings. The van der Waals surface area contributed by atoms with Gasteiger partial charge in [-0.05, 0) is 67.8 Å². The molecule has 0 atom stereocenters. The Morgan fingerprint density at radius 3 is 2.28 bits per heavy atom. The molecule has 0 radical (unpaired) electrons. The van der Waals surface area contributed by atoms with E-state index >= 15 is 0 Å². The summed E-state index contributed by atoms with van der Waals surface area (Å²) in [6.07, 6.45) is 0. The highest BCUT2D eigenvalue weighted by molar-refractivity contribution is 6.72. The fraction of sp³-hybridized carbons (Fsp3) is 0.103. The van der Waals surface area contributed by atoms with E-state index in [4.69, 9.17) is 0 Å². The van der Waals surface area contributed by atoms with Crippen LogP contribution in [0.3, 0.4) is 0 Å². The number of para-hydroxylation sites is 1. The topological polar surface area (TPSA) is 17.0 Å². The van der Waals surface area contributed by atoms with Gasteiger partial charge in [-0.1, -0.05) is 71.1 Å². The second-order valence-electron chi connectivity index (χ2n) is 8.97. The summed E-state index contributed by atoms with van der Waals surface area (Å²) in [7, 11) is 0.975. The molecule has 1 aliphatic rings. The van der Waals surface area contributed by atoms with Gasteiger partial charge in [-0.3, -0.25) is 0 Å². The minimum Gasteiger partial charge on any atom is -0.356 e. The maximum Gasteiger partial charge on any atom is 0.198 e. The van der Waals surface area contributed by atoms with Crippen LogP contribution in [-0.4, -0.2) is 11.8 Å². The van der Waals surface area contributed by atoms with Crippen molar-refractivity contribution in [2.75, 3.05) is 5.32 Å². The van der Waals surface area contributed by atoms with Crippen molar-refractivity contribution in [2.45, 2.75) is 20.8 Å². The lowest BCUT2D eigenvalue weighted by Gasteiger charge is -2.25. The molecule has 6 rings (SSSR count). The Balaban J connectivity index is 1.56. The van der Waals surface area contributed by atoms with Crippen LogP contribution in [0.4, 0.5) is 11.4 Å². The first-order chi connectivity index (χ1) is 15.6. The molecule has 0 saturated heterocycles. The number of rotatable bonds is 2. The molecule has 0 fully saturated rings. The molecule has 154 valence electrons. The van der Waals surface area contributed by atoms with Crippen LogP contribution in [0.1, 0.15) is 16.7 Å². The van der Waals surface area contributed by atoms with Crippen molar-refractivity contribution in [3.63, 3.8) is 0 Å². The van der Waals surface area contributed by atoms with E-state index in [9.17, 15) is 0 Å². The number of nitrogens with one attached hydrogen (secondary N) is 1. The highest BCUT2D eigenvalue weighted by Gasteiger charge is 2.21. The van der Waals surface area contributed by atoms with Crippen molar-refractivity contribution in [2.24, 2.45) is 0 Å². The summed E-state index contributed by atoms with van der Waals surface area (Å²) in [5.41, 5.74) is 14.1. The summed E-state index contributed by atoms with van der Waals surface area (Å²) < 4.78 is 2.40. The van der Waals surface area contributed by atoms with Crippen molar-refractivity contribution in [1.82, 2.24) is 4.57 Å². The van der Waals surface area contributed by atoms with E-state index in [1.165, 1.54) is 66.8 Å². The van der Waals surface area contributed by atoms with E-state index in [1.807, 2.05) is 0 Å². The first-order valence-corrected chi connectivity index (χ1v) is 11.3. The Morgan fingerprint density at radius 1 is 0.688 bits per heavy atom. The van der Waals surface area contributed by atoms with Crippen LogP contribution in [0.15, 0.2) is 84.9 Å². The third kappa shape index (κ3) is 2.96. The van der Waals surface area contributed by atoms with Crippen molar-refractivity contribution in [3.05, 3.63) is 102 Å². The number of benzene rings is 4. The van der Waals surface area contributed by atoms with Crippen molar-refractivity contribution in [1.29, 1.82) is 0 Å². The largest absolute Gasteiger partial charge is 0.356 e. The molecule has 4 aromatic carbocycles. The SMILES string of the molecule is Cc1cc2c(cc1C)Nc1cc(-n3c(-c4ccccc4)cc4ccccc43)cc(C)c1B2. The number of nitrogens with zero attached hydrogens (tertiary/aromatic N) is 1. The zero-order chi connectivity index (χ0) is 21.8. The van der Waals surface area contributed by atoms with Gasteiger partial charge in [-0.2, -0.15) is 0 Å². The molecule has 0 amide bonds. The normalized spacial score (nSPS) is 12.1. The summed E-state index contributed by atoms with van der Waals surface area (Å²) in [4.78, 5) is 0. The molecule has 1 aromatic heterocycles. The maximum atomic E-state index is 3.75. The van der Waals surface area contributed by atoms with E-state index in [2.05, 4.69) is 116 Å². The molecular formula is C29H25BN2. The first-order valence-electron chi connectivity index (χ1n) is 11.3. The van der Waals surface area contributed by atoms with Gasteiger partial charge in [0.25, 0.3) is 0 Å². The Labute approximate surface area is 189 Å². The van der Waals surface area contributed by atoms with Gasteiger partial charge in [0.1, 0.15) is 0 Å². The van der Waals surface area contributed by atoms with Crippen LogP contribution in [0, 0.1) is 20.8 Å². The third-order valence-electron chi connectivity index (χ3n) is 6.85. The summed E-state index contributed by atoms with van der Waals surface area (Å²) in [5.74, 6) is 0. The monoisotopic (exact) mass is 412 g/mol. The van der Waals surface area contributed by atoms with Crippen molar-refractivity contribution in [3.8, 4) is 16.9 Å². The van der Waals surface area contributed by atoms with Crippen molar-refractivity contribution < 1.29 is 0 Å². The van der Waals surface area contributed by atoms with Crippen LogP contribution < -0.4 is 16.2 Å². The summed E-state index contributed by atoms with van der Waals surface area (Å²) >= 11 is 0. The van der Waals surface area contributed by atoms with Gasteiger partial charge in [0.2, 0.25) is 0 Å². The second-order valence-corrected chi connectivity index (χ2v) is 8.97. The summed E-state index contributed by atoms with van der Waals surface area (Å²) in [5, 5.41) is 5.00. The number of hydrogen-bond acceptors (Lipinski definition) is 1. The average molecular weight is 412 g/mol. The van der Waals surface area contributed by atoms with E-state index < -0.39 is 0 Å². The number of anilines is 2. The zero-order valence-corrected chi connectivity index (χ0v) is 18.7. The lowest BCUT2D eigenvalue weighted by atomic mass is 9.59. The molecule has 2 heterocycles. The van der Waals surface area contributed by atoms with E-state index in [-0.39, 0.29) is 0 Å². The highest BCUT2D eigenvalue weighted by Crippen LogP contribution is 2.33. The van der Waals surface area contributed by atoms with Crippen LogP contribution in [0.2, 0.25) is 0 Å². The Kier molecular flexibility index (Phi) is 4.26. The van der Waals surface area contributed by atoms with Crippen molar-refractivity contribution >= 4 is 40.5 Å². The molecule has 3 heteroatoms. The van der Waals surface area contributed by atoms with Crippen LogP contribution in [0.25, 0.3) is 27.8 Å². The Bertz CT molecular complexity index is 1500. The van der Waals surface area contributed by atoms with Crippen LogP contribution in [0.5, 0.6) is 0 Å². The number of aryl methyl sites for hydroxylation is 3. The smallest absolute Gasteiger partial charge is 0.198 e. The van der Waals surface area contributed by atoms with Gasteiger partial charge in [0, 0.05) is 22.4 Å². The fourth-order valence-corrected chi connectivity index (χ4v) is 5.00. The molecule has 0 aliphatic carbocycles. The lowest BCUT2D eigenvalue weighted by Crippen LogP contribution is -2.37. The molecule has 2 nitrogen and oxygen atoms in total. The summed E-state index contributed by atoms with van der Waals surface area (Å²) in [6, 6.07) is 30.9. The predicted molar refractivity (Wildman–Crippen MR) is 139 cm³/mol. The minimum atomic E-state index is 0.975. The van der Waals surface area contributed by atoms with E-state index in [0.29, 0.717) is 0 Å². The molecular weight excluding hydrogens is 387 g/mol. The standard InChI is InChI=1S/C29H25BN2/c1-18-14-24-25(15-19(18)2)31-26-17-23(13-20(3)29(26)30-24)32-27-12-8-7-11-22(27)16-28(32)21-9-5-4-6-10-21/h4-17,30-31H,1-3H3. The van der Waals surface area contributed by atoms with Gasteiger partial charge < -0.3 is 9.88 Å². The Morgan fingerprint density at radius 2 is 1.44 bits per heavy atom. The molecule has 0 saturated carbocycles. The van der Waals surface area contributed by atoms with Gasteiger partial charge in [0.05, 0.1) is 11.2 Å². The minimum absolute atomic E-state index is 0.975. The molecule has 1 aliphatic heterocycles. The molecule has 1 N–H and O–H groups in total. The van der Waals surface area contributed by atoms with Gasteiger partial charge in [0.15, 0.2) is 7.28 Å². The number of fused-ring (bicyclic) bond motifs is 3. The van der Waals surface area contributed by atoms with E-state index in [0.717, 1.165) is 7.28 Å². The number of aromatic nitrogens is 1. The molecule has 0 unspecified atom stereocenters. The lowest BCUT2D eigenvalue weighted by molar-refractivity contribution is 1.13. The number of hydrogen-bond donors (Lipinski definition) is 1. The van der Waals surface area contributed by atoms with Crippen LogP contribution >= 0.6 is 0 Å². The van der Waals surface area contributed by atoms with E-state index in [1.54, 1.807) is 0 Å². The highest BCUT2D eigenvalue weighted by atomic mass is 15.0. The van der Waals surface area contributed by atoms with Gasteiger partial charge in [-0.15, -0.1) is 0 Å². The summed E-state index contributed by atoms with van der Waals surface area (Å²) in [6.45, 7) is 6.62. The fourth-order valence-electron chi connectivity index (χ4n) is 5.00. The molecule has 0 spiro atoms. The first kappa shape index (κ1) is 19.0. The van der Waals surface area contributed by atoms with Crippen LogP contribution in [-0.2, 0) is 0 Å². The predicted octanol–water partition coefficient (Wildman–Crippen LogP) is 5.67. The third-order valence-corrected chi connectivity index (χ3v) is 6.85. The Hall–Kier alpha value is -3.72. The maximum absolute atomic E-state index is 3.75. The van der Waals surface area contributed by atoms with Gasteiger partial charge in [-0.25, -0.2) is 0 Å². The quantitative estimate of drug-likeness (QED) is 0.363. The zero-order valence-electron chi connectivity index (χ0n) is 18.7.